The minimum absolute atomic E-state index is 0.0205. The van der Waals surface area contributed by atoms with E-state index < -0.39 is 0 Å². The maximum atomic E-state index is 8.39. The van der Waals surface area contributed by atoms with Crippen molar-refractivity contribution in [2.45, 2.75) is 33.2 Å². The van der Waals surface area contributed by atoms with Crippen molar-refractivity contribution in [1.82, 2.24) is 19.5 Å². The molecular formula is C24H26N7O+. The smallest absolute Gasteiger partial charge is 0.336 e. The molecule has 2 aromatic heterocycles. The summed E-state index contributed by atoms with van der Waals surface area (Å²) in [4.78, 5) is 13.2. The van der Waals surface area contributed by atoms with Gasteiger partial charge in [0.05, 0.1) is 18.0 Å². The van der Waals surface area contributed by atoms with Crippen molar-refractivity contribution in [1.29, 1.82) is 5.41 Å². The minimum atomic E-state index is -0.262. The second-order valence-corrected chi connectivity index (χ2v) is 8.56. The van der Waals surface area contributed by atoms with E-state index in [1.165, 1.54) is 0 Å². The van der Waals surface area contributed by atoms with E-state index in [2.05, 4.69) is 35.3 Å². The lowest BCUT2D eigenvalue weighted by Crippen LogP contribution is -2.40. The Morgan fingerprint density at radius 1 is 1.06 bits per heavy atom. The van der Waals surface area contributed by atoms with Gasteiger partial charge in [-0.2, -0.15) is 0 Å². The van der Waals surface area contributed by atoms with Crippen molar-refractivity contribution in [3.63, 3.8) is 0 Å². The van der Waals surface area contributed by atoms with Crippen molar-refractivity contribution < 1.29 is 10.1 Å². The van der Waals surface area contributed by atoms with Crippen LogP contribution in [0.25, 0.3) is 33.5 Å². The number of hydrogen-bond donors (Lipinski definition) is 3. The highest BCUT2D eigenvalue weighted by Crippen LogP contribution is 2.34. The molecule has 0 saturated heterocycles. The number of hydrogen-bond acceptors (Lipinski definition) is 6. The zero-order valence-corrected chi connectivity index (χ0v) is 18.5. The number of nitrogens with one attached hydrogen (secondary N) is 1. The van der Waals surface area contributed by atoms with Crippen LogP contribution in [0.1, 0.15) is 33.3 Å². The van der Waals surface area contributed by atoms with E-state index >= 15 is 0 Å². The SMILES string of the molecule is CC(=[NH2+])OC(=N)c1ccccc1-c1nc2cc(-c3cnc(N)nc3)ccc2n1C(C)(C)C. The van der Waals surface area contributed by atoms with Crippen LogP contribution in [0.3, 0.4) is 0 Å². The Morgan fingerprint density at radius 3 is 2.41 bits per heavy atom. The van der Waals surface area contributed by atoms with Crippen LogP contribution in [0.2, 0.25) is 0 Å². The van der Waals surface area contributed by atoms with E-state index in [-0.39, 0.29) is 23.3 Å². The first-order valence-electron chi connectivity index (χ1n) is 10.2. The number of nitrogens with two attached hydrogens (primary N) is 2. The van der Waals surface area contributed by atoms with Gasteiger partial charge in [0.2, 0.25) is 11.8 Å². The van der Waals surface area contributed by atoms with Crippen LogP contribution in [-0.2, 0) is 10.3 Å². The third-order valence-corrected chi connectivity index (χ3v) is 5.01. The van der Waals surface area contributed by atoms with E-state index in [1.807, 2.05) is 42.5 Å². The molecule has 0 radical (unpaired) electrons. The molecule has 4 rings (SSSR count). The monoisotopic (exact) mass is 428 g/mol. The molecule has 0 aliphatic heterocycles. The van der Waals surface area contributed by atoms with Gasteiger partial charge in [-0.15, -0.1) is 0 Å². The molecule has 0 spiro atoms. The summed E-state index contributed by atoms with van der Waals surface area (Å²) in [6.07, 6.45) is 3.40. The summed E-state index contributed by atoms with van der Waals surface area (Å²) in [5.74, 6) is 1.18. The molecule has 0 aliphatic carbocycles. The normalized spacial score (nSPS) is 11.5. The molecule has 162 valence electrons. The zero-order valence-electron chi connectivity index (χ0n) is 18.5. The Bertz CT molecular complexity index is 1330. The molecule has 0 aliphatic rings. The Balaban J connectivity index is 1.93. The highest BCUT2D eigenvalue weighted by molar-refractivity contribution is 6.03. The first-order chi connectivity index (χ1) is 15.1. The summed E-state index contributed by atoms with van der Waals surface area (Å²) in [7, 11) is 0. The third-order valence-electron chi connectivity index (χ3n) is 5.01. The second-order valence-electron chi connectivity index (χ2n) is 8.56. The molecule has 0 amide bonds. The Kier molecular flexibility index (Phi) is 5.22. The minimum Gasteiger partial charge on any atom is -0.390 e. The topological polar surface area (TPSA) is 128 Å². The maximum Gasteiger partial charge on any atom is 0.336 e. The first-order valence-corrected chi connectivity index (χ1v) is 10.2. The van der Waals surface area contributed by atoms with Crippen LogP contribution in [0.4, 0.5) is 5.95 Å². The molecule has 8 nitrogen and oxygen atoms in total. The fourth-order valence-electron chi connectivity index (χ4n) is 3.70. The van der Waals surface area contributed by atoms with Crippen LogP contribution in [0.5, 0.6) is 0 Å². The van der Waals surface area contributed by atoms with Crippen LogP contribution >= 0.6 is 0 Å². The molecule has 0 atom stereocenters. The van der Waals surface area contributed by atoms with Gasteiger partial charge >= 0.3 is 5.90 Å². The van der Waals surface area contributed by atoms with Gasteiger partial charge in [0, 0.05) is 34.6 Å². The molecule has 0 unspecified atom stereocenters. The molecule has 32 heavy (non-hydrogen) atoms. The number of fused-ring (bicyclic) bond motifs is 1. The lowest BCUT2D eigenvalue weighted by atomic mass is 10.0. The molecular weight excluding hydrogens is 402 g/mol. The molecule has 0 saturated carbocycles. The first kappa shape index (κ1) is 21.2. The summed E-state index contributed by atoms with van der Waals surface area (Å²) in [5, 5.41) is 14.1. The van der Waals surface area contributed by atoms with Crippen LogP contribution in [0.15, 0.2) is 54.9 Å². The number of rotatable bonds is 3. The van der Waals surface area contributed by atoms with E-state index in [4.69, 9.17) is 26.3 Å². The molecule has 4 aromatic rings. The van der Waals surface area contributed by atoms with Crippen molar-refractivity contribution in [2.75, 3.05) is 5.73 Å². The highest BCUT2D eigenvalue weighted by atomic mass is 16.5. The van der Waals surface area contributed by atoms with Crippen molar-refractivity contribution in [2.24, 2.45) is 0 Å². The molecule has 0 fully saturated rings. The Morgan fingerprint density at radius 2 is 1.75 bits per heavy atom. The van der Waals surface area contributed by atoms with Crippen molar-refractivity contribution in [3.05, 3.63) is 60.4 Å². The van der Waals surface area contributed by atoms with Gasteiger partial charge < -0.3 is 15.0 Å². The Labute approximate surface area is 186 Å². The van der Waals surface area contributed by atoms with Gasteiger partial charge in [-0.05, 0) is 44.5 Å². The van der Waals surface area contributed by atoms with E-state index in [1.54, 1.807) is 19.3 Å². The van der Waals surface area contributed by atoms with Gasteiger partial charge in [-0.3, -0.25) is 5.41 Å². The number of benzene rings is 2. The summed E-state index contributed by atoms with van der Waals surface area (Å²) in [5.41, 5.74) is 10.4. The van der Waals surface area contributed by atoms with Gasteiger partial charge in [0.25, 0.3) is 0 Å². The Hall–Kier alpha value is -4.07. The molecule has 2 heterocycles. The fraction of sp³-hybridized carbons (Fsp3) is 0.208. The summed E-state index contributed by atoms with van der Waals surface area (Å²) < 4.78 is 7.58. The van der Waals surface area contributed by atoms with Crippen LogP contribution in [0, 0.1) is 5.41 Å². The van der Waals surface area contributed by atoms with Crippen molar-refractivity contribution >= 4 is 28.8 Å². The van der Waals surface area contributed by atoms with Gasteiger partial charge in [-0.25, -0.2) is 20.4 Å². The predicted octanol–water partition coefficient (Wildman–Crippen LogP) is 3.02. The maximum absolute atomic E-state index is 8.39. The number of nitrogens with zero attached hydrogens (tertiary/aromatic N) is 4. The van der Waals surface area contributed by atoms with Crippen LogP contribution < -0.4 is 11.1 Å². The van der Waals surface area contributed by atoms with E-state index in [0.29, 0.717) is 5.56 Å². The predicted molar refractivity (Wildman–Crippen MR) is 126 cm³/mol. The second kappa shape index (κ2) is 7.88. The van der Waals surface area contributed by atoms with Crippen molar-refractivity contribution in [3.8, 4) is 22.5 Å². The van der Waals surface area contributed by atoms with Gasteiger partial charge in [0.15, 0.2) is 0 Å². The number of anilines is 1. The lowest BCUT2D eigenvalue weighted by Gasteiger charge is -2.25. The number of nitrogen functional groups attached to an aromatic ring is 1. The fourth-order valence-corrected chi connectivity index (χ4v) is 3.70. The van der Waals surface area contributed by atoms with E-state index in [9.17, 15) is 0 Å². The van der Waals surface area contributed by atoms with Gasteiger partial charge in [-0.1, -0.05) is 24.3 Å². The average Bonchev–Trinajstić information content (AvgIpc) is 3.13. The average molecular weight is 429 g/mol. The molecule has 2 aromatic carbocycles. The largest absolute Gasteiger partial charge is 0.390 e. The molecule has 0 bridgehead atoms. The zero-order chi connectivity index (χ0) is 23.0. The lowest BCUT2D eigenvalue weighted by molar-refractivity contribution is -0.133. The summed E-state index contributed by atoms with van der Waals surface area (Å²) in [6, 6.07) is 13.7. The van der Waals surface area contributed by atoms with E-state index in [0.717, 1.165) is 33.5 Å². The number of imidazole rings is 1. The standard InChI is InChI=1S/C24H25N7O/c1-14(25)32-21(26)17-7-5-6-8-18(17)22-30-19-11-15(16-12-28-23(27)29-13-16)9-10-20(19)31(22)24(2,3)4/h5-13,25-26H,1-4H3,(H2,27,28,29)/p+1. The van der Waals surface area contributed by atoms with Crippen LogP contribution in [-0.4, -0.2) is 31.3 Å². The number of ether oxygens (including phenoxy) is 1. The highest BCUT2D eigenvalue weighted by Gasteiger charge is 2.25. The summed E-state index contributed by atoms with van der Waals surface area (Å²) in [6.45, 7) is 7.99. The summed E-state index contributed by atoms with van der Waals surface area (Å²) >= 11 is 0. The molecule has 5 N–H and O–H groups in total. The quantitative estimate of drug-likeness (QED) is 0.341. The molecule has 8 heteroatoms. The number of aromatic nitrogens is 4. The third kappa shape index (κ3) is 3.94. The van der Waals surface area contributed by atoms with Gasteiger partial charge in [0.1, 0.15) is 5.82 Å².